The molecule has 0 bridgehead atoms. The third-order valence-corrected chi connectivity index (χ3v) is 3.03. The second-order valence-electron chi connectivity index (χ2n) is 4.51. The summed E-state index contributed by atoms with van der Waals surface area (Å²) in [5.41, 5.74) is 0.916. The van der Waals surface area contributed by atoms with E-state index in [2.05, 4.69) is 5.32 Å². The van der Waals surface area contributed by atoms with Crippen molar-refractivity contribution in [2.24, 2.45) is 0 Å². The van der Waals surface area contributed by atoms with Crippen molar-refractivity contribution >= 4 is 6.09 Å². The molecule has 0 saturated heterocycles. The van der Waals surface area contributed by atoms with Crippen LogP contribution in [0.2, 0.25) is 0 Å². The molecule has 1 unspecified atom stereocenters. The largest absolute Gasteiger partial charge is 0.445 e. The molecular formula is C13H17NO4. The third kappa shape index (κ3) is 3.45. The fraction of sp³-hybridized carbons (Fsp3) is 0.462. The van der Waals surface area contributed by atoms with Gasteiger partial charge in [-0.1, -0.05) is 30.3 Å². The summed E-state index contributed by atoms with van der Waals surface area (Å²) in [6.07, 6.45) is -1.32. The van der Waals surface area contributed by atoms with Crippen LogP contribution in [0.4, 0.5) is 4.79 Å². The first-order chi connectivity index (χ1) is 8.65. The normalized spacial score (nSPS) is 26.9. The van der Waals surface area contributed by atoms with E-state index in [4.69, 9.17) is 4.74 Å². The van der Waals surface area contributed by atoms with Crippen LogP contribution in [0.1, 0.15) is 18.4 Å². The van der Waals surface area contributed by atoms with Crippen LogP contribution >= 0.6 is 0 Å². The lowest BCUT2D eigenvalue weighted by Crippen LogP contribution is -2.33. The van der Waals surface area contributed by atoms with Crippen LogP contribution in [0.3, 0.4) is 0 Å². The van der Waals surface area contributed by atoms with Crippen molar-refractivity contribution in [3.63, 3.8) is 0 Å². The molecule has 0 aliphatic heterocycles. The Kier molecular flexibility index (Phi) is 4.17. The number of ether oxygens (including phenoxy) is 1. The predicted octanol–water partition coefficient (Wildman–Crippen LogP) is 0.797. The van der Waals surface area contributed by atoms with Gasteiger partial charge in [0.25, 0.3) is 0 Å². The first-order valence-electron chi connectivity index (χ1n) is 5.98. The molecule has 1 aliphatic rings. The summed E-state index contributed by atoms with van der Waals surface area (Å²) >= 11 is 0. The van der Waals surface area contributed by atoms with Gasteiger partial charge in [-0.05, 0) is 18.4 Å². The van der Waals surface area contributed by atoms with E-state index in [-0.39, 0.29) is 12.6 Å². The van der Waals surface area contributed by atoms with Gasteiger partial charge in [0.2, 0.25) is 0 Å². The topological polar surface area (TPSA) is 78.8 Å². The van der Waals surface area contributed by atoms with Gasteiger partial charge >= 0.3 is 6.09 Å². The molecule has 1 aliphatic carbocycles. The first-order valence-corrected chi connectivity index (χ1v) is 5.98. The fourth-order valence-electron chi connectivity index (χ4n) is 2.04. The molecule has 1 aromatic carbocycles. The highest BCUT2D eigenvalue weighted by molar-refractivity contribution is 5.67. The maximum absolute atomic E-state index is 11.5. The number of carbonyl (C=O) groups is 1. The molecule has 0 radical (unpaired) electrons. The summed E-state index contributed by atoms with van der Waals surface area (Å²) in [5.74, 6) is 0. The predicted molar refractivity (Wildman–Crippen MR) is 64.8 cm³/mol. The number of alkyl carbamates (subject to hydrolysis) is 1. The Morgan fingerprint density at radius 1 is 1.22 bits per heavy atom. The molecule has 0 heterocycles. The fourth-order valence-corrected chi connectivity index (χ4v) is 2.04. The molecule has 1 aromatic rings. The van der Waals surface area contributed by atoms with E-state index in [0.29, 0.717) is 12.8 Å². The molecule has 2 rings (SSSR count). The molecule has 98 valence electrons. The molecule has 1 amide bonds. The number of hydrogen-bond donors (Lipinski definition) is 3. The molecule has 5 nitrogen and oxygen atoms in total. The number of amides is 1. The van der Waals surface area contributed by atoms with E-state index in [9.17, 15) is 15.0 Å². The summed E-state index contributed by atoms with van der Waals surface area (Å²) in [7, 11) is 0. The van der Waals surface area contributed by atoms with Gasteiger partial charge in [0.1, 0.15) is 6.61 Å². The Morgan fingerprint density at radius 2 is 1.83 bits per heavy atom. The Bertz CT molecular complexity index is 385. The van der Waals surface area contributed by atoms with E-state index in [1.165, 1.54) is 0 Å². The van der Waals surface area contributed by atoms with Gasteiger partial charge in [0, 0.05) is 6.04 Å². The highest BCUT2D eigenvalue weighted by Crippen LogP contribution is 2.19. The molecule has 1 fully saturated rings. The maximum Gasteiger partial charge on any atom is 0.407 e. The average Bonchev–Trinajstić information content (AvgIpc) is 2.67. The number of carbonyl (C=O) groups excluding carboxylic acids is 1. The standard InChI is InChI=1S/C13H17NO4/c15-11-6-10(7-12(11)16)14-13(17)18-8-9-4-2-1-3-5-9/h1-5,10-12,15-16H,6-8H2,(H,14,17)/t10?,11-,12+. The zero-order valence-electron chi connectivity index (χ0n) is 9.95. The molecular weight excluding hydrogens is 234 g/mol. The van der Waals surface area contributed by atoms with Crippen molar-refractivity contribution in [2.75, 3.05) is 0 Å². The van der Waals surface area contributed by atoms with Gasteiger partial charge in [-0.15, -0.1) is 0 Å². The van der Waals surface area contributed by atoms with E-state index in [1.54, 1.807) is 0 Å². The Hall–Kier alpha value is -1.59. The lowest BCUT2D eigenvalue weighted by molar-refractivity contribution is 0.0438. The van der Waals surface area contributed by atoms with Gasteiger partial charge in [0.05, 0.1) is 12.2 Å². The first kappa shape index (κ1) is 12.9. The van der Waals surface area contributed by atoms with Crippen molar-refractivity contribution < 1.29 is 19.7 Å². The number of aliphatic hydroxyl groups is 2. The smallest absolute Gasteiger partial charge is 0.407 e. The van der Waals surface area contributed by atoms with E-state index < -0.39 is 18.3 Å². The lowest BCUT2D eigenvalue weighted by atomic mass is 10.2. The Morgan fingerprint density at radius 3 is 2.44 bits per heavy atom. The van der Waals surface area contributed by atoms with Crippen LogP contribution in [0.15, 0.2) is 30.3 Å². The number of benzene rings is 1. The molecule has 0 spiro atoms. The molecule has 3 N–H and O–H groups in total. The van der Waals surface area contributed by atoms with Gasteiger partial charge in [-0.25, -0.2) is 4.79 Å². The monoisotopic (exact) mass is 251 g/mol. The quantitative estimate of drug-likeness (QED) is 0.742. The summed E-state index contributed by atoms with van der Waals surface area (Å²) in [6, 6.07) is 9.16. The highest BCUT2D eigenvalue weighted by atomic mass is 16.5. The van der Waals surface area contributed by atoms with Crippen molar-refractivity contribution in [2.45, 2.75) is 37.7 Å². The molecule has 5 heteroatoms. The van der Waals surface area contributed by atoms with Crippen LogP contribution in [-0.2, 0) is 11.3 Å². The van der Waals surface area contributed by atoms with Crippen LogP contribution in [-0.4, -0.2) is 34.6 Å². The van der Waals surface area contributed by atoms with Crippen LogP contribution in [0.25, 0.3) is 0 Å². The summed E-state index contributed by atoms with van der Waals surface area (Å²) < 4.78 is 5.05. The minimum atomic E-state index is -0.760. The second-order valence-corrected chi connectivity index (χ2v) is 4.51. The van der Waals surface area contributed by atoms with Crippen molar-refractivity contribution in [3.05, 3.63) is 35.9 Å². The molecule has 0 aromatic heterocycles. The zero-order valence-corrected chi connectivity index (χ0v) is 9.95. The van der Waals surface area contributed by atoms with Crippen LogP contribution in [0, 0.1) is 0 Å². The van der Waals surface area contributed by atoms with E-state index in [0.717, 1.165) is 5.56 Å². The van der Waals surface area contributed by atoms with Crippen molar-refractivity contribution in [1.29, 1.82) is 0 Å². The Balaban J connectivity index is 1.73. The maximum atomic E-state index is 11.5. The van der Waals surface area contributed by atoms with Crippen LogP contribution in [0.5, 0.6) is 0 Å². The molecule has 1 saturated carbocycles. The minimum Gasteiger partial charge on any atom is -0.445 e. The highest BCUT2D eigenvalue weighted by Gasteiger charge is 2.32. The number of hydrogen-bond acceptors (Lipinski definition) is 4. The van der Waals surface area contributed by atoms with Gasteiger partial charge < -0.3 is 20.3 Å². The van der Waals surface area contributed by atoms with Gasteiger partial charge in [0.15, 0.2) is 0 Å². The molecule has 18 heavy (non-hydrogen) atoms. The number of aliphatic hydroxyl groups excluding tert-OH is 2. The zero-order chi connectivity index (χ0) is 13.0. The summed E-state index contributed by atoms with van der Waals surface area (Å²) in [4.78, 5) is 11.5. The SMILES string of the molecule is O=C(NC1C[C@@H](O)[C@@H](O)C1)OCc1ccccc1. The van der Waals surface area contributed by atoms with Gasteiger partial charge in [-0.2, -0.15) is 0 Å². The third-order valence-electron chi connectivity index (χ3n) is 3.03. The van der Waals surface area contributed by atoms with Crippen molar-refractivity contribution in [1.82, 2.24) is 5.32 Å². The number of rotatable bonds is 3. The molecule has 3 atom stereocenters. The van der Waals surface area contributed by atoms with E-state index in [1.807, 2.05) is 30.3 Å². The summed E-state index contributed by atoms with van der Waals surface area (Å²) in [5, 5.41) is 21.3. The number of nitrogens with one attached hydrogen (secondary N) is 1. The second kappa shape index (κ2) is 5.84. The summed E-state index contributed by atoms with van der Waals surface area (Å²) in [6.45, 7) is 0.213. The van der Waals surface area contributed by atoms with Gasteiger partial charge in [-0.3, -0.25) is 0 Å². The Labute approximate surface area is 105 Å². The lowest BCUT2D eigenvalue weighted by Gasteiger charge is -2.12. The van der Waals surface area contributed by atoms with Crippen LogP contribution < -0.4 is 5.32 Å². The van der Waals surface area contributed by atoms with Crippen molar-refractivity contribution in [3.8, 4) is 0 Å². The van der Waals surface area contributed by atoms with E-state index >= 15 is 0 Å². The minimum absolute atomic E-state index is 0.213. The average molecular weight is 251 g/mol.